The molecular weight excluding hydrogens is 190 g/mol. The van der Waals surface area contributed by atoms with Gasteiger partial charge < -0.3 is 14.4 Å². The van der Waals surface area contributed by atoms with Crippen molar-refractivity contribution in [2.24, 2.45) is 5.41 Å². The second-order valence-electron chi connectivity index (χ2n) is 4.97. The molecule has 0 saturated carbocycles. The summed E-state index contributed by atoms with van der Waals surface area (Å²) < 4.78 is 5.37. The Morgan fingerprint density at radius 1 is 1.20 bits per heavy atom. The summed E-state index contributed by atoms with van der Waals surface area (Å²) in [5.41, 5.74) is -0.190. The van der Waals surface area contributed by atoms with Crippen LogP contribution in [0.15, 0.2) is 0 Å². The molecule has 2 heterocycles. The number of hydrogen-bond acceptors (Lipinski definition) is 3. The molecule has 0 N–H and O–H groups in total. The Bertz CT molecular complexity index is 204. The molecule has 2 aliphatic rings. The summed E-state index contributed by atoms with van der Waals surface area (Å²) in [5, 5.41) is 0. The lowest BCUT2D eigenvalue weighted by Crippen LogP contribution is -2.40. The molecule has 15 heavy (non-hydrogen) atoms. The lowest BCUT2D eigenvalue weighted by molar-refractivity contribution is -0.117. The molecule has 2 rings (SSSR count). The number of rotatable bonds is 3. The van der Waals surface area contributed by atoms with E-state index in [1.54, 1.807) is 0 Å². The van der Waals surface area contributed by atoms with Gasteiger partial charge in [-0.25, -0.2) is 0 Å². The number of carbonyl (C=O) groups excluding carboxylic acids is 1. The standard InChI is InChI=1S/C12H21NO2/c14-10-12(5-8-15-11-12)9-13-6-3-1-2-4-7-13/h10H,1-9,11H2. The highest BCUT2D eigenvalue weighted by atomic mass is 16.5. The van der Waals surface area contributed by atoms with E-state index >= 15 is 0 Å². The molecule has 0 spiro atoms. The molecule has 0 aromatic rings. The molecule has 0 bridgehead atoms. The maximum absolute atomic E-state index is 11.2. The number of likely N-dealkylation sites (tertiary alicyclic amines) is 1. The maximum atomic E-state index is 11.2. The van der Waals surface area contributed by atoms with Crippen LogP contribution >= 0.6 is 0 Å². The van der Waals surface area contributed by atoms with Crippen LogP contribution in [0.4, 0.5) is 0 Å². The van der Waals surface area contributed by atoms with Gasteiger partial charge in [0.25, 0.3) is 0 Å². The molecule has 0 aromatic carbocycles. The third-order valence-electron chi connectivity index (χ3n) is 3.62. The molecular formula is C12H21NO2. The zero-order valence-corrected chi connectivity index (χ0v) is 9.41. The van der Waals surface area contributed by atoms with Gasteiger partial charge in [0.1, 0.15) is 6.29 Å². The van der Waals surface area contributed by atoms with Crippen LogP contribution in [0.2, 0.25) is 0 Å². The van der Waals surface area contributed by atoms with Gasteiger partial charge in [0.15, 0.2) is 0 Å². The van der Waals surface area contributed by atoms with Gasteiger partial charge in [-0.3, -0.25) is 0 Å². The van der Waals surface area contributed by atoms with Gasteiger partial charge in [-0.1, -0.05) is 12.8 Å². The van der Waals surface area contributed by atoms with E-state index in [2.05, 4.69) is 4.90 Å². The van der Waals surface area contributed by atoms with Crippen LogP contribution in [0.3, 0.4) is 0 Å². The highest BCUT2D eigenvalue weighted by Gasteiger charge is 2.36. The smallest absolute Gasteiger partial charge is 0.129 e. The molecule has 3 nitrogen and oxygen atoms in total. The Morgan fingerprint density at radius 3 is 2.47 bits per heavy atom. The summed E-state index contributed by atoms with van der Waals surface area (Å²) in [7, 11) is 0. The van der Waals surface area contributed by atoms with Crippen molar-refractivity contribution in [1.29, 1.82) is 0 Å². The number of carbonyl (C=O) groups is 1. The van der Waals surface area contributed by atoms with Crippen molar-refractivity contribution in [3.8, 4) is 0 Å². The van der Waals surface area contributed by atoms with Crippen LogP contribution in [-0.4, -0.2) is 44.0 Å². The number of nitrogens with zero attached hydrogens (tertiary/aromatic N) is 1. The molecule has 2 saturated heterocycles. The predicted octanol–water partition coefficient (Wildman–Crippen LogP) is 1.47. The summed E-state index contributed by atoms with van der Waals surface area (Å²) in [6.07, 6.45) is 7.31. The third kappa shape index (κ3) is 2.79. The molecule has 0 aromatic heterocycles. The number of aldehydes is 1. The Morgan fingerprint density at radius 2 is 1.93 bits per heavy atom. The average Bonchev–Trinajstić information content (AvgIpc) is 2.57. The van der Waals surface area contributed by atoms with E-state index in [4.69, 9.17) is 4.74 Å². The van der Waals surface area contributed by atoms with Crippen molar-refractivity contribution in [2.45, 2.75) is 32.1 Å². The van der Waals surface area contributed by atoms with Crippen LogP contribution in [0.1, 0.15) is 32.1 Å². The zero-order valence-electron chi connectivity index (χ0n) is 9.41. The maximum Gasteiger partial charge on any atom is 0.129 e. The summed E-state index contributed by atoms with van der Waals surface area (Å²) in [6, 6.07) is 0. The molecule has 1 atom stereocenters. The highest BCUT2D eigenvalue weighted by Crippen LogP contribution is 2.28. The molecule has 0 aliphatic carbocycles. The fourth-order valence-electron chi connectivity index (χ4n) is 2.62. The summed E-state index contributed by atoms with van der Waals surface area (Å²) in [6.45, 7) is 4.63. The van der Waals surface area contributed by atoms with Gasteiger partial charge in [0.2, 0.25) is 0 Å². The van der Waals surface area contributed by atoms with Gasteiger partial charge >= 0.3 is 0 Å². The van der Waals surface area contributed by atoms with Crippen LogP contribution in [0.5, 0.6) is 0 Å². The number of hydrogen-bond donors (Lipinski definition) is 0. The zero-order chi connectivity index (χ0) is 10.6. The van der Waals surface area contributed by atoms with E-state index in [0.29, 0.717) is 6.61 Å². The lowest BCUT2D eigenvalue weighted by atomic mass is 9.88. The fourth-order valence-corrected chi connectivity index (χ4v) is 2.62. The largest absolute Gasteiger partial charge is 0.380 e. The van der Waals surface area contributed by atoms with E-state index < -0.39 is 0 Å². The van der Waals surface area contributed by atoms with Crippen LogP contribution < -0.4 is 0 Å². The van der Waals surface area contributed by atoms with Gasteiger partial charge in [-0.2, -0.15) is 0 Å². The SMILES string of the molecule is O=CC1(CN2CCCCCC2)CCOC1. The first-order valence-corrected chi connectivity index (χ1v) is 6.11. The topological polar surface area (TPSA) is 29.5 Å². The normalized spacial score (nSPS) is 33.9. The molecule has 0 amide bonds. The van der Waals surface area contributed by atoms with Gasteiger partial charge in [-0.05, 0) is 32.4 Å². The van der Waals surface area contributed by atoms with Crippen molar-refractivity contribution in [1.82, 2.24) is 4.90 Å². The van der Waals surface area contributed by atoms with E-state index in [-0.39, 0.29) is 5.41 Å². The van der Waals surface area contributed by atoms with E-state index in [1.165, 1.54) is 25.7 Å². The molecule has 0 radical (unpaired) electrons. The minimum absolute atomic E-state index is 0.190. The van der Waals surface area contributed by atoms with Crippen LogP contribution in [-0.2, 0) is 9.53 Å². The first kappa shape index (κ1) is 11.1. The highest BCUT2D eigenvalue weighted by molar-refractivity contribution is 5.60. The van der Waals surface area contributed by atoms with Gasteiger partial charge in [0, 0.05) is 13.2 Å². The average molecular weight is 211 g/mol. The fraction of sp³-hybridized carbons (Fsp3) is 0.917. The van der Waals surface area contributed by atoms with Crippen molar-refractivity contribution < 1.29 is 9.53 Å². The molecule has 86 valence electrons. The molecule has 1 unspecified atom stereocenters. The first-order chi connectivity index (χ1) is 7.35. The second-order valence-corrected chi connectivity index (χ2v) is 4.97. The third-order valence-corrected chi connectivity index (χ3v) is 3.62. The second kappa shape index (κ2) is 5.08. The van der Waals surface area contributed by atoms with Gasteiger partial charge in [-0.15, -0.1) is 0 Å². The van der Waals surface area contributed by atoms with Crippen molar-refractivity contribution in [2.75, 3.05) is 32.8 Å². The number of ether oxygens (including phenoxy) is 1. The van der Waals surface area contributed by atoms with E-state index in [0.717, 1.165) is 38.9 Å². The van der Waals surface area contributed by atoms with Crippen molar-refractivity contribution >= 4 is 6.29 Å². The summed E-state index contributed by atoms with van der Waals surface area (Å²) in [5.74, 6) is 0. The van der Waals surface area contributed by atoms with Crippen LogP contribution in [0, 0.1) is 5.41 Å². The molecule has 2 aliphatic heterocycles. The van der Waals surface area contributed by atoms with Gasteiger partial charge in [0.05, 0.1) is 12.0 Å². The Labute approximate surface area is 91.8 Å². The minimum Gasteiger partial charge on any atom is -0.380 e. The van der Waals surface area contributed by atoms with Crippen molar-refractivity contribution in [3.63, 3.8) is 0 Å². The first-order valence-electron chi connectivity index (χ1n) is 6.11. The summed E-state index contributed by atoms with van der Waals surface area (Å²) >= 11 is 0. The monoisotopic (exact) mass is 211 g/mol. The van der Waals surface area contributed by atoms with Crippen LogP contribution in [0.25, 0.3) is 0 Å². The Balaban J connectivity index is 1.90. The minimum atomic E-state index is -0.190. The molecule has 3 heteroatoms. The molecule has 2 fully saturated rings. The lowest BCUT2D eigenvalue weighted by Gasteiger charge is -2.29. The summed E-state index contributed by atoms with van der Waals surface area (Å²) in [4.78, 5) is 13.6. The Kier molecular flexibility index (Phi) is 3.76. The van der Waals surface area contributed by atoms with E-state index in [9.17, 15) is 4.79 Å². The quantitative estimate of drug-likeness (QED) is 0.662. The van der Waals surface area contributed by atoms with E-state index in [1.807, 2.05) is 0 Å². The predicted molar refractivity (Wildman–Crippen MR) is 58.8 cm³/mol. The Hall–Kier alpha value is -0.410. The van der Waals surface area contributed by atoms with Crippen molar-refractivity contribution in [3.05, 3.63) is 0 Å².